The Morgan fingerprint density at radius 1 is 1.40 bits per heavy atom. The van der Waals surface area contributed by atoms with E-state index >= 15 is 0 Å². The number of amides is 1. The van der Waals surface area contributed by atoms with Gasteiger partial charge in [-0.3, -0.25) is 4.79 Å². The Kier molecular flexibility index (Phi) is 5.44. The normalized spacial score (nSPS) is 15.9. The van der Waals surface area contributed by atoms with Crippen molar-refractivity contribution in [2.45, 2.75) is 57.7 Å². The van der Waals surface area contributed by atoms with Gasteiger partial charge in [-0.05, 0) is 37.0 Å². The second-order valence-electron chi connectivity index (χ2n) is 5.63. The fraction of sp³-hybridized carbons (Fsp3) is 0.562. The van der Waals surface area contributed by atoms with Crippen molar-refractivity contribution in [3.8, 4) is 0 Å². The zero-order chi connectivity index (χ0) is 14.5. The Bertz CT molecular complexity index is 442. The number of nitrogens with two attached hydrogens (primary N) is 1. The van der Waals surface area contributed by atoms with Gasteiger partial charge in [-0.25, -0.2) is 0 Å². The first-order valence-electron chi connectivity index (χ1n) is 7.39. The van der Waals surface area contributed by atoms with Gasteiger partial charge < -0.3 is 10.6 Å². The molecule has 1 aromatic carbocycles. The van der Waals surface area contributed by atoms with E-state index in [0.29, 0.717) is 19.0 Å². The summed E-state index contributed by atoms with van der Waals surface area (Å²) >= 11 is 5.89. The first-order chi connectivity index (χ1) is 9.60. The third-order valence-corrected chi connectivity index (χ3v) is 3.92. The fourth-order valence-corrected chi connectivity index (χ4v) is 2.53. The van der Waals surface area contributed by atoms with Crippen molar-refractivity contribution in [1.29, 1.82) is 0 Å². The van der Waals surface area contributed by atoms with Crippen molar-refractivity contribution >= 4 is 17.5 Å². The SMILES string of the molecule is CCCC(N)CC(=O)N(Cc1ccc(Cl)cc1)C1CC1. The smallest absolute Gasteiger partial charge is 0.224 e. The van der Waals surface area contributed by atoms with E-state index < -0.39 is 0 Å². The highest BCUT2D eigenvalue weighted by Gasteiger charge is 2.32. The van der Waals surface area contributed by atoms with Crippen LogP contribution in [0.3, 0.4) is 0 Å². The van der Waals surface area contributed by atoms with Gasteiger partial charge in [0.2, 0.25) is 5.91 Å². The summed E-state index contributed by atoms with van der Waals surface area (Å²) < 4.78 is 0. The molecular weight excluding hydrogens is 272 g/mol. The monoisotopic (exact) mass is 294 g/mol. The van der Waals surface area contributed by atoms with Crippen molar-refractivity contribution in [2.24, 2.45) is 5.73 Å². The maximum Gasteiger partial charge on any atom is 0.224 e. The van der Waals surface area contributed by atoms with Crippen LogP contribution in [0, 0.1) is 0 Å². The van der Waals surface area contributed by atoms with E-state index in [9.17, 15) is 4.79 Å². The molecule has 0 aliphatic heterocycles. The van der Waals surface area contributed by atoms with Crippen molar-refractivity contribution in [3.05, 3.63) is 34.9 Å². The van der Waals surface area contributed by atoms with E-state index in [1.807, 2.05) is 29.2 Å². The Hall–Kier alpha value is -1.06. The summed E-state index contributed by atoms with van der Waals surface area (Å²) in [6, 6.07) is 8.10. The molecule has 2 N–H and O–H groups in total. The van der Waals surface area contributed by atoms with Crippen molar-refractivity contribution in [1.82, 2.24) is 4.90 Å². The highest BCUT2D eigenvalue weighted by molar-refractivity contribution is 6.30. The molecule has 1 aliphatic carbocycles. The molecule has 110 valence electrons. The van der Waals surface area contributed by atoms with Crippen LogP contribution < -0.4 is 5.73 Å². The van der Waals surface area contributed by atoms with Crippen molar-refractivity contribution in [3.63, 3.8) is 0 Å². The highest BCUT2D eigenvalue weighted by atomic mass is 35.5. The molecule has 0 heterocycles. The topological polar surface area (TPSA) is 46.3 Å². The Balaban J connectivity index is 1.96. The Morgan fingerprint density at radius 3 is 2.60 bits per heavy atom. The van der Waals surface area contributed by atoms with Crippen LogP contribution in [-0.2, 0) is 11.3 Å². The molecule has 0 spiro atoms. The van der Waals surface area contributed by atoms with Crippen LogP contribution in [0.15, 0.2) is 24.3 Å². The molecule has 3 nitrogen and oxygen atoms in total. The van der Waals surface area contributed by atoms with Crippen LogP contribution in [0.5, 0.6) is 0 Å². The predicted octanol–water partition coefficient (Wildman–Crippen LogP) is 3.35. The average molecular weight is 295 g/mol. The molecule has 1 unspecified atom stereocenters. The molecule has 0 saturated heterocycles. The van der Waals surface area contributed by atoms with E-state index in [4.69, 9.17) is 17.3 Å². The molecule has 0 aromatic heterocycles. The molecule has 1 aliphatic rings. The van der Waals surface area contributed by atoms with E-state index in [-0.39, 0.29) is 11.9 Å². The molecule has 0 radical (unpaired) electrons. The number of hydrogen-bond acceptors (Lipinski definition) is 2. The summed E-state index contributed by atoms with van der Waals surface area (Å²) in [6.45, 7) is 2.76. The van der Waals surface area contributed by atoms with E-state index in [1.54, 1.807) is 0 Å². The van der Waals surface area contributed by atoms with Crippen LogP contribution in [-0.4, -0.2) is 22.9 Å². The standard InChI is InChI=1S/C16H23ClN2O/c1-2-3-14(18)10-16(20)19(15-8-9-15)11-12-4-6-13(17)7-5-12/h4-7,14-15H,2-3,8-11,18H2,1H3. The molecular formula is C16H23ClN2O. The van der Waals surface area contributed by atoms with Crippen LogP contribution in [0.1, 0.15) is 44.6 Å². The van der Waals surface area contributed by atoms with Crippen LogP contribution >= 0.6 is 11.6 Å². The second kappa shape index (κ2) is 7.09. The highest BCUT2D eigenvalue weighted by Crippen LogP contribution is 2.29. The number of hydrogen-bond donors (Lipinski definition) is 1. The lowest BCUT2D eigenvalue weighted by atomic mass is 10.1. The third kappa shape index (κ3) is 4.50. The van der Waals surface area contributed by atoms with Crippen LogP contribution in [0.25, 0.3) is 0 Å². The van der Waals surface area contributed by atoms with Crippen molar-refractivity contribution in [2.75, 3.05) is 0 Å². The van der Waals surface area contributed by atoms with Gasteiger partial charge in [0.1, 0.15) is 0 Å². The predicted molar refractivity (Wildman–Crippen MR) is 82.5 cm³/mol. The zero-order valence-corrected chi connectivity index (χ0v) is 12.8. The minimum atomic E-state index is -0.0148. The minimum Gasteiger partial charge on any atom is -0.335 e. The number of benzene rings is 1. The molecule has 20 heavy (non-hydrogen) atoms. The van der Waals surface area contributed by atoms with Gasteiger partial charge in [-0.15, -0.1) is 0 Å². The summed E-state index contributed by atoms with van der Waals surface area (Å²) in [6.07, 6.45) is 4.61. The van der Waals surface area contributed by atoms with Gasteiger partial charge in [0, 0.05) is 30.1 Å². The summed E-state index contributed by atoms with van der Waals surface area (Å²) in [7, 11) is 0. The molecule has 1 amide bonds. The van der Waals surface area contributed by atoms with Gasteiger partial charge in [0.25, 0.3) is 0 Å². The molecule has 1 atom stereocenters. The van der Waals surface area contributed by atoms with Gasteiger partial charge >= 0.3 is 0 Å². The molecule has 0 bridgehead atoms. The zero-order valence-electron chi connectivity index (χ0n) is 12.0. The Morgan fingerprint density at radius 2 is 2.05 bits per heavy atom. The third-order valence-electron chi connectivity index (χ3n) is 3.67. The summed E-state index contributed by atoms with van der Waals surface area (Å²) in [4.78, 5) is 14.4. The maximum absolute atomic E-state index is 12.4. The Labute approximate surface area is 126 Å². The lowest BCUT2D eigenvalue weighted by molar-refractivity contribution is -0.132. The van der Waals surface area contributed by atoms with Gasteiger partial charge in [-0.1, -0.05) is 37.1 Å². The van der Waals surface area contributed by atoms with Gasteiger partial charge in [0.15, 0.2) is 0 Å². The molecule has 4 heteroatoms. The number of nitrogens with zero attached hydrogens (tertiary/aromatic N) is 1. The second-order valence-corrected chi connectivity index (χ2v) is 6.07. The maximum atomic E-state index is 12.4. The van der Waals surface area contributed by atoms with Gasteiger partial charge in [0.05, 0.1) is 0 Å². The summed E-state index contributed by atoms with van der Waals surface area (Å²) in [5.41, 5.74) is 7.12. The van der Waals surface area contributed by atoms with Crippen molar-refractivity contribution < 1.29 is 4.79 Å². The average Bonchev–Trinajstić information content (AvgIpc) is 3.22. The molecule has 1 fully saturated rings. The van der Waals surface area contributed by atoms with E-state index in [0.717, 1.165) is 36.3 Å². The molecule has 2 rings (SSSR count). The van der Waals surface area contributed by atoms with Gasteiger partial charge in [-0.2, -0.15) is 0 Å². The lowest BCUT2D eigenvalue weighted by Crippen LogP contribution is -2.36. The van der Waals surface area contributed by atoms with Crippen LogP contribution in [0.4, 0.5) is 0 Å². The quantitative estimate of drug-likeness (QED) is 0.838. The number of carbonyl (C=O) groups is 1. The van der Waals surface area contributed by atoms with E-state index in [1.165, 1.54) is 0 Å². The summed E-state index contributed by atoms with van der Waals surface area (Å²) in [5, 5.41) is 0.725. The molecule has 1 aromatic rings. The number of carbonyl (C=O) groups excluding carboxylic acids is 1. The van der Waals surface area contributed by atoms with E-state index in [2.05, 4.69) is 6.92 Å². The fourth-order valence-electron chi connectivity index (χ4n) is 2.41. The number of rotatable bonds is 7. The molecule has 1 saturated carbocycles. The minimum absolute atomic E-state index is 0.0148. The van der Waals surface area contributed by atoms with Crippen LogP contribution in [0.2, 0.25) is 5.02 Å². The summed E-state index contributed by atoms with van der Waals surface area (Å²) in [5.74, 6) is 0.184. The largest absolute Gasteiger partial charge is 0.335 e. The number of halogens is 1. The lowest BCUT2D eigenvalue weighted by Gasteiger charge is -2.24. The first kappa shape index (κ1) is 15.3. The first-order valence-corrected chi connectivity index (χ1v) is 7.77.